The number of carbonyl (C=O) groups is 1. The van der Waals surface area contributed by atoms with Crippen LogP contribution < -0.4 is 19.5 Å². The van der Waals surface area contributed by atoms with Crippen molar-refractivity contribution in [2.75, 3.05) is 25.8 Å². The maximum absolute atomic E-state index is 12.5. The molecule has 146 valence electrons. The Morgan fingerprint density at radius 1 is 1.11 bits per heavy atom. The molecule has 0 aliphatic rings. The summed E-state index contributed by atoms with van der Waals surface area (Å²) in [5, 5.41) is 3.25. The van der Waals surface area contributed by atoms with Crippen LogP contribution in [-0.4, -0.2) is 34.8 Å². The molecular formula is C18H21ClN2O5S. The van der Waals surface area contributed by atoms with Gasteiger partial charge in [-0.25, -0.2) is 13.1 Å². The van der Waals surface area contributed by atoms with Crippen LogP contribution in [0.5, 0.6) is 11.5 Å². The number of carbonyl (C=O) groups excluding carboxylic acids is 1. The number of rotatable bonds is 8. The van der Waals surface area contributed by atoms with Crippen LogP contribution in [0.1, 0.15) is 18.0 Å². The second kappa shape index (κ2) is 9.07. The fourth-order valence-electron chi connectivity index (χ4n) is 2.47. The molecule has 0 saturated heterocycles. The number of methoxy groups -OCH3 is 2. The largest absolute Gasteiger partial charge is 0.497 e. The van der Waals surface area contributed by atoms with Gasteiger partial charge in [-0.3, -0.25) is 4.79 Å². The molecule has 0 aromatic heterocycles. The fourth-order valence-corrected chi connectivity index (χ4v) is 3.33. The minimum absolute atomic E-state index is 0.107. The lowest BCUT2D eigenvalue weighted by Crippen LogP contribution is -2.30. The van der Waals surface area contributed by atoms with E-state index in [1.165, 1.54) is 14.2 Å². The summed E-state index contributed by atoms with van der Waals surface area (Å²) in [6.45, 7) is 0. The fraction of sp³-hybridized carbons (Fsp3) is 0.278. The van der Waals surface area contributed by atoms with Crippen molar-refractivity contribution in [3.63, 3.8) is 0 Å². The van der Waals surface area contributed by atoms with Gasteiger partial charge in [-0.1, -0.05) is 23.7 Å². The summed E-state index contributed by atoms with van der Waals surface area (Å²) in [4.78, 5) is 12.5. The van der Waals surface area contributed by atoms with Gasteiger partial charge in [-0.2, -0.15) is 0 Å². The maximum Gasteiger partial charge on any atom is 0.226 e. The molecule has 0 aliphatic carbocycles. The van der Waals surface area contributed by atoms with E-state index in [9.17, 15) is 13.2 Å². The van der Waals surface area contributed by atoms with E-state index in [2.05, 4.69) is 10.0 Å². The van der Waals surface area contributed by atoms with Gasteiger partial charge in [-0.15, -0.1) is 0 Å². The van der Waals surface area contributed by atoms with Crippen molar-refractivity contribution in [2.45, 2.75) is 12.5 Å². The third-order valence-electron chi connectivity index (χ3n) is 3.70. The van der Waals surface area contributed by atoms with E-state index in [0.717, 1.165) is 6.26 Å². The number of hydrogen-bond donors (Lipinski definition) is 2. The summed E-state index contributed by atoms with van der Waals surface area (Å²) in [5.41, 5.74) is 1.08. The predicted molar refractivity (Wildman–Crippen MR) is 105 cm³/mol. The number of amides is 1. The maximum atomic E-state index is 12.5. The van der Waals surface area contributed by atoms with E-state index in [4.69, 9.17) is 21.1 Å². The summed E-state index contributed by atoms with van der Waals surface area (Å²) in [5.74, 6) is 0.638. The van der Waals surface area contributed by atoms with Crippen LogP contribution in [0.15, 0.2) is 42.5 Å². The Morgan fingerprint density at radius 3 is 2.33 bits per heavy atom. The van der Waals surface area contributed by atoms with Crippen LogP contribution >= 0.6 is 11.6 Å². The van der Waals surface area contributed by atoms with Gasteiger partial charge >= 0.3 is 0 Å². The first-order valence-electron chi connectivity index (χ1n) is 7.96. The Bertz CT molecular complexity index is 900. The van der Waals surface area contributed by atoms with Crippen LogP contribution in [0, 0.1) is 0 Å². The third kappa shape index (κ3) is 6.42. The van der Waals surface area contributed by atoms with Crippen LogP contribution in [-0.2, 0) is 14.8 Å². The molecule has 2 N–H and O–H groups in total. The van der Waals surface area contributed by atoms with E-state index < -0.39 is 16.1 Å². The average molecular weight is 413 g/mol. The number of halogens is 1. The molecule has 7 nitrogen and oxygen atoms in total. The summed E-state index contributed by atoms with van der Waals surface area (Å²) >= 11 is 5.88. The highest BCUT2D eigenvalue weighted by Crippen LogP contribution is 2.29. The molecule has 0 saturated carbocycles. The average Bonchev–Trinajstić information content (AvgIpc) is 2.61. The van der Waals surface area contributed by atoms with Crippen molar-refractivity contribution in [1.82, 2.24) is 4.72 Å². The Kier molecular flexibility index (Phi) is 7.06. The monoisotopic (exact) mass is 412 g/mol. The third-order valence-corrected chi connectivity index (χ3v) is 4.67. The van der Waals surface area contributed by atoms with E-state index in [-0.39, 0.29) is 12.3 Å². The molecule has 1 amide bonds. The lowest BCUT2D eigenvalue weighted by atomic mass is 10.0. The molecule has 0 heterocycles. The van der Waals surface area contributed by atoms with E-state index in [1.54, 1.807) is 42.5 Å². The van der Waals surface area contributed by atoms with Crippen molar-refractivity contribution in [3.8, 4) is 11.5 Å². The molecule has 0 fully saturated rings. The van der Waals surface area contributed by atoms with Gasteiger partial charge in [0.25, 0.3) is 0 Å². The Morgan fingerprint density at radius 2 is 1.78 bits per heavy atom. The lowest BCUT2D eigenvalue weighted by Gasteiger charge is -2.18. The lowest BCUT2D eigenvalue weighted by molar-refractivity contribution is -0.116. The molecule has 0 spiro atoms. The minimum atomic E-state index is -3.53. The number of hydrogen-bond acceptors (Lipinski definition) is 5. The summed E-state index contributed by atoms with van der Waals surface area (Å²) < 4.78 is 36.2. The first kappa shape index (κ1) is 21.0. The second-order valence-corrected chi connectivity index (χ2v) is 8.03. The van der Waals surface area contributed by atoms with Gasteiger partial charge in [-0.05, 0) is 29.8 Å². The zero-order valence-electron chi connectivity index (χ0n) is 15.2. The number of sulfonamides is 1. The Balaban J connectivity index is 2.19. The predicted octanol–water partition coefficient (Wildman–Crippen LogP) is 2.98. The first-order valence-corrected chi connectivity index (χ1v) is 10.2. The smallest absolute Gasteiger partial charge is 0.226 e. The number of anilines is 1. The SMILES string of the molecule is COc1ccc(NC(=O)CC(NS(C)(=O)=O)c2ccc(Cl)cc2)c(OC)c1. The van der Waals surface area contributed by atoms with Crippen LogP contribution in [0.3, 0.4) is 0 Å². The van der Waals surface area contributed by atoms with Gasteiger partial charge in [0.1, 0.15) is 11.5 Å². The number of benzene rings is 2. The molecule has 9 heteroatoms. The number of nitrogens with one attached hydrogen (secondary N) is 2. The summed E-state index contributed by atoms with van der Waals surface area (Å²) in [6, 6.07) is 10.9. The molecule has 2 aromatic carbocycles. The normalized spacial score (nSPS) is 12.3. The Hall–Kier alpha value is -2.29. The van der Waals surface area contributed by atoms with Gasteiger partial charge < -0.3 is 14.8 Å². The number of ether oxygens (including phenoxy) is 2. The van der Waals surface area contributed by atoms with Crippen molar-refractivity contribution >= 4 is 33.2 Å². The zero-order valence-corrected chi connectivity index (χ0v) is 16.7. The van der Waals surface area contributed by atoms with Crippen LogP contribution in [0.25, 0.3) is 0 Å². The highest BCUT2D eigenvalue weighted by atomic mass is 35.5. The van der Waals surface area contributed by atoms with Crippen LogP contribution in [0.2, 0.25) is 5.02 Å². The first-order chi connectivity index (χ1) is 12.7. The van der Waals surface area contributed by atoms with Crippen molar-refractivity contribution < 1.29 is 22.7 Å². The molecule has 0 bridgehead atoms. The standard InChI is InChI=1S/C18H21ClN2O5S/c1-25-14-8-9-15(17(10-14)26-2)20-18(22)11-16(21-27(3,23)24)12-4-6-13(19)7-5-12/h4-10,16,21H,11H2,1-3H3,(H,20,22). The summed E-state index contributed by atoms with van der Waals surface area (Å²) in [7, 11) is -0.519. The molecule has 0 radical (unpaired) electrons. The molecular weight excluding hydrogens is 392 g/mol. The molecule has 2 aromatic rings. The Labute approximate surface area is 163 Å². The molecule has 27 heavy (non-hydrogen) atoms. The van der Waals surface area contributed by atoms with E-state index in [0.29, 0.717) is 27.8 Å². The molecule has 0 aliphatic heterocycles. The quantitative estimate of drug-likeness (QED) is 0.695. The van der Waals surface area contributed by atoms with Crippen molar-refractivity contribution in [2.24, 2.45) is 0 Å². The molecule has 1 atom stereocenters. The van der Waals surface area contributed by atoms with Crippen LogP contribution in [0.4, 0.5) is 5.69 Å². The highest BCUT2D eigenvalue weighted by Gasteiger charge is 2.20. The topological polar surface area (TPSA) is 93.7 Å². The van der Waals surface area contributed by atoms with E-state index >= 15 is 0 Å². The van der Waals surface area contributed by atoms with E-state index in [1.807, 2.05) is 0 Å². The molecule has 1 unspecified atom stereocenters. The van der Waals surface area contributed by atoms with Gasteiger partial charge in [0.05, 0.1) is 32.2 Å². The van der Waals surface area contributed by atoms with Crippen molar-refractivity contribution in [3.05, 3.63) is 53.1 Å². The summed E-state index contributed by atoms with van der Waals surface area (Å²) in [6.07, 6.45) is 0.935. The molecule has 2 rings (SSSR count). The zero-order chi connectivity index (χ0) is 20.0. The minimum Gasteiger partial charge on any atom is -0.497 e. The van der Waals surface area contributed by atoms with Gasteiger partial charge in [0, 0.05) is 17.5 Å². The van der Waals surface area contributed by atoms with Gasteiger partial charge in [0.15, 0.2) is 0 Å². The van der Waals surface area contributed by atoms with Crippen molar-refractivity contribution in [1.29, 1.82) is 0 Å². The van der Waals surface area contributed by atoms with Gasteiger partial charge in [0.2, 0.25) is 15.9 Å². The highest BCUT2D eigenvalue weighted by molar-refractivity contribution is 7.88. The second-order valence-electron chi connectivity index (χ2n) is 5.81.